The van der Waals surface area contributed by atoms with Crippen LogP contribution in [0.2, 0.25) is 10.0 Å². The Balaban J connectivity index is 2.20. The number of rotatable bonds is 5. The summed E-state index contributed by atoms with van der Waals surface area (Å²) >= 11 is 11.8. The van der Waals surface area contributed by atoms with Gasteiger partial charge >= 0.3 is 0 Å². The van der Waals surface area contributed by atoms with E-state index in [1.54, 1.807) is 42.5 Å². The lowest BCUT2D eigenvalue weighted by atomic mass is 10.2. The molecule has 0 bridgehead atoms. The Morgan fingerprint density at radius 3 is 2.36 bits per heavy atom. The van der Waals surface area contributed by atoms with Gasteiger partial charge in [-0.1, -0.05) is 35.3 Å². The Morgan fingerprint density at radius 2 is 1.73 bits per heavy atom. The molecule has 0 spiro atoms. The number of para-hydroxylation sites is 1. The molecular formula is C15H12Cl2N2O3. The second-order valence-corrected chi connectivity index (χ2v) is 5.24. The summed E-state index contributed by atoms with van der Waals surface area (Å²) in [5.41, 5.74) is 5.74. The van der Waals surface area contributed by atoms with Crippen LogP contribution < -0.4 is 15.8 Å². The number of nitrogens with two attached hydrogens (primary N) is 1. The molecule has 0 unspecified atom stereocenters. The first-order valence-corrected chi connectivity index (χ1v) is 6.99. The molecular weight excluding hydrogens is 327 g/mol. The number of carbonyl (C=O) groups is 2. The van der Waals surface area contributed by atoms with E-state index in [-0.39, 0.29) is 17.9 Å². The first kappa shape index (κ1) is 16.1. The van der Waals surface area contributed by atoms with Gasteiger partial charge in [-0.3, -0.25) is 9.59 Å². The summed E-state index contributed by atoms with van der Waals surface area (Å²) < 4.78 is 5.22. The lowest BCUT2D eigenvalue weighted by molar-refractivity contribution is -0.119. The summed E-state index contributed by atoms with van der Waals surface area (Å²) in [5.74, 6) is -0.790. The third-order valence-corrected chi connectivity index (χ3v) is 3.06. The van der Waals surface area contributed by atoms with E-state index in [0.29, 0.717) is 15.7 Å². The van der Waals surface area contributed by atoms with Crippen LogP contribution in [-0.2, 0) is 4.79 Å². The summed E-state index contributed by atoms with van der Waals surface area (Å²) in [5, 5.41) is 3.47. The molecule has 0 saturated carbocycles. The molecule has 0 aliphatic carbocycles. The summed E-state index contributed by atoms with van der Waals surface area (Å²) in [7, 11) is 0. The Kier molecular flexibility index (Phi) is 5.25. The number of halogens is 2. The van der Waals surface area contributed by atoms with Crippen molar-refractivity contribution in [1.29, 1.82) is 0 Å². The number of hydrogen-bond donors (Lipinski definition) is 2. The van der Waals surface area contributed by atoms with Gasteiger partial charge < -0.3 is 15.8 Å². The zero-order valence-electron chi connectivity index (χ0n) is 11.3. The Bertz CT molecular complexity index is 699. The van der Waals surface area contributed by atoms with Gasteiger partial charge in [-0.05, 0) is 30.3 Å². The van der Waals surface area contributed by atoms with Crippen LogP contribution in [0.25, 0.3) is 0 Å². The number of ether oxygens (including phenoxy) is 1. The zero-order valence-corrected chi connectivity index (χ0v) is 12.8. The van der Waals surface area contributed by atoms with Crippen LogP contribution in [0.3, 0.4) is 0 Å². The molecule has 2 aromatic carbocycles. The Labute approximate surface area is 137 Å². The number of carbonyl (C=O) groups excluding carboxylic acids is 2. The Morgan fingerprint density at radius 1 is 1.09 bits per heavy atom. The molecule has 2 rings (SSSR count). The molecule has 2 amide bonds. The number of anilines is 1. The lowest BCUT2D eigenvalue weighted by Gasteiger charge is -2.11. The van der Waals surface area contributed by atoms with Crippen molar-refractivity contribution in [3.8, 4) is 5.75 Å². The van der Waals surface area contributed by atoms with Crippen LogP contribution in [0.15, 0.2) is 42.5 Å². The maximum absolute atomic E-state index is 12.3. The van der Waals surface area contributed by atoms with Crippen molar-refractivity contribution in [2.45, 2.75) is 0 Å². The molecule has 2 aromatic rings. The van der Waals surface area contributed by atoms with Gasteiger partial charge in [0.05, 0.1) is 5.56 Å². The molecule has 7 heteroatoms. The number of benzene rings is 2. The van der Waals surface area contributed by atoms with E-state index >= 15 is 0 Å². The fraction of sp³-hybridized carbons (Fsp3) is 0.0667. The van der Waals surface area contributed by atoms with Gasteiger partial charge in [0.1, 0.15) is 5.75 Å². The van der Waals surface area contributed by atoms with Crippen LogP contribution >= 0.6 is 23.2 Å². The quantitative estimate of drug-likeness (QED) is 0.878. The first-order valence-electron chi connectivity index (χ1n) is 6.23. The highest BCUT2D eigenvalue weighted by Crippen LogP contribution is 2.24. The number of amides is 2. The summed E-state index contributed by atoms with van der Waals surface area (Å²) in [6, 6.07) is 11.2. The third-order valence-electron chi connectivity index (χ3n) is 2.62. The summed E-state index contributed by atoms with van der Waals surface area (Å²) in [6.45, 7) is -0.312. The second-order valence-electron chi connectivity index (χ2n) is 4.36. The van der Waals surface area contributed by atoms with E-state index < -0.39 is 11.8 Å². The highest BCUT2D eigenvalue weighted by atomic mass is 35.5. The van der Waals surface area contributed by atoms with Crippen LogP contribution in [0.1, 0.15) is 10.4 Å². The number of primary amides is 1. The molecule has 0 aliphatic heterocycles. The van der Waals surface area contributed by atoms with Gasteiger partial charge in [0, 0.05) is 15.7 Å². The topological polar surface area (TPSA) is 81.4 Å². The Hall–Kier alpha value is -2.24. The van der Waals surface area contributed by atoms with Crippen LogP contribution in [0, 0.1) is 0 Å². The number of hydrogen-bond acceptors (Lipinski definition) is 3. The monoisotopic (exact) mass is 338 g/mol. The predicted molar refractivity (Wildman–Crippen MR) is 85.5 cm³/mol. The molecule has 114 valence electrons. The molecule has 22 heavy (non-hydrogen) atoms. The second kappa shape index (κ2) is 7.15. The van der Waals surface area contributed by atoms with E-state index in [1.165, 1.54) is 0 Å². The van der Waals surface area contributed by atoms with Crippen molar-refractivity contribution in [2.24, 2.45) is 5.73 Å². The van der Waals surface area contributed by atoms with Gasteiger partial charge in [-0.25, -0.2) is 0 Å². The van der Waals surface area contributed by atoms with Crippen molar-refractivity contribution in [2.75, 3.05) is 11.9 Å². The van der Waals surface area contributed by atoms with E-state index in [1.807, 2.05) is 0 Å². The van der Waals surface area contributed by atoms with E-state index in [9.17, 15) is 9.59 Å². The van der Waals surface area contributed by atoms with Crippen molar-refractivity contribution >= 4 is 40.7 Å². The minimum atomic E-state index is -0.628. The van der Waals surface area contributed by atoms with Gasteiger partial charge in [0.25, 0.3) is 11.8 Å². The fourth-order valence-corrected chi connectivity index (χ4v) is 2.28. The fourth-order valence-electron chi connectivity index (χ4n) is 1.75. The third kappa shape index (κ3) is 4.38. The maximum atomic E-state index is 12.3. The molecule has 0 atom stereocenters. The summed E-state index contributed by atoms with van der Waals surface area (Å²) in [4.78, 5) is 23.1. The predicted octanol–water partition coefficient (Wildman–Crippen LogP) is 3.11. The molecule has 5 nitrogen and oxygen atoms in total. The summed E-state index contributed by atoms with van der Waals surface area (Å²) in [6.07, 6.45) is 0. The molecule has 0 fully saturated rings. The van der Waals surface area contributed by atoms with Crippen LogP contribution in [0.5, 0.6) is 5.75 Å². The molecule has 0 aliphatic rings. The average Bonchev–Trinajstić information content (AvgIpc) is 2.44. The molecule has 0 radical (unpaired) electrons. The van der Waals surface area contributed by atoms with Gasteiger partial charge in [0.2, 0.25) is 0 Å². The van der Waals surface area contributed by atoms with Crippen molar-refractivity contribution < 1.29 is 14.3 Å². The van der Waals surface area contributed by atoms with Crippen LogP contribution in [0.4, 0.5) is 5.69 Å². The molecule has 0 saturated heterocycles. The van der Waals surface area contributed by atoms with E-state index in [4.69, 9.17) is 33.7 Å². The SMILES string of the molecule is NC(=O)COc1ccccc1C(=O)Nc1cc(Cl)cc(Cl)c1. The standard InChI is InChI=1S/C15H12Cl2N2O3/c16-9-5-10(17)7-11(6-9)19-15(21)12-3-1-2-4-13(12)22-8-14(18)20/h1-7H,8H2,(H2,18,20)(H,19,21). The zero-order chi connectivity index (χ0) is 16.1. The molecule has 0 aromatic heterocycles. The van der Waals surface area contributed by atoms with E-state index in [2.05, 4.69) is 5.32 Å². The minimum Gasteiger partial charge on any atom is -0.483 e. The van der Waals surface area contributed by atoms with Gasteiger partial charge in [-0.2, -0.15) is 0 Å². The lowest BCUT2D eigenvalue weighted by Crippen LogP contribution is -2.21. The normalized spacial score (nSPS) is 10.1. The smallest absolute Gasteiger partial charge is 0.259 e. The van der Waals surface area contributed by atoms with Gasteiger partial charge in [0.15, 0.2) is 6.61 Å². The van der Waals surface area contributed by atoms with Crippen molar-refractivity contribution in [1.82, 2.24) is 0 Å². The highest BCUT2D eigenvalue weighted by Gasteiger charge is 2.13. The van der Waals surface area contributed by atoms with Gasteiger partial charge in [-0.15, -0.1) is 0 Å². The van der Waals surface area contributed by atoms with E-state index in [0.717, 1.165) is 0 Å². The largest absolute Gasteiger partial charge is 0.483 e. The van der Waals surface area contributed by atoms with Crippen molar-refractivity contribution in [3.63, 3.8) is 0 Å². The van der Waals surface area contributed by atoms with Crippen molar-refractivity contribution in [3.05, 3.63) is 58.1 Å². The maximum Gasteiger partial charge on any atom is 0.259 e. The molecule has 0 heterocycles. The first-order chi connectivity index (χ1) is 10.5. The molecule has 3 N–H and O–H groups in total. The average molecular weight is 339 g/mol. The highest BCUT2D eigenvalue weighted by molar-refractivity contribution is 6.35. The van der Waals surface area contributed by atoms with Crippen LogP contribution in [-0.4, -0.2) is 18.4 Å². The minimum absolute atomic E-state index is 0.256. The number of nitrogens with one attached hydrogen (secondary N) is 1.